The van der Waals surface area contributed by atoms with Crippen molar-refractivity contribution in [2.45, 2.75) is 32.7 Å². The van der Waals surface area contributed by atoms with Gasteiger partial charge in [0, 0.05) is 17.1 Å². The molecule has 1 aromatic carbocycles. The molecule has 1 fully saturated rings. The minimum atomic E-state index is 0.440. The van der Waals surface area contributed by atoms with Crippen molar-refractivity contribution in [3.05, 3.63) is 51.7 Å². The minimum absolute atomic E-state index is 0.440. The summed E-state index contributed by atoms with van der Waals surface area (Å²) >= 11 is 7.49. The second-order valence-electron chi connectivity index (χ2n) is 5.54. The fraction of sp³-hybridized carbons (Fsp3) is 0.353. The van der Waals surface area contributed by atoms with Crippen LogP contribution in [0.15, 0.2) is 35.7 Å². The Morgan fingerprint density at radius 2 is 2.14 bits per heavy atom. The number of nitrogens with zero attached hydrogens (tertiary/aromatic N) is 1. The van der Waals surface area contributed by atoms with Gasteiger partial charge in [-0.3, -0.25) is 0 Å². The number of benzene rings is 1. The summed E-state index contributed by atoms with van der Waals surface area (Å²) in [5.74, 6) is 0. The monoisotopic (exact) mass is 316 g/mol. The van der Waals surface area contributed by atoms with E-state index in [0.717, 1.165) is 17.3 Å². The second kappa shape index (κ2) is 6.16. The molecule has 1 aromatic heterocycles. The standard InChI is InChI=1S/C17H20N2S2/c1-12-6-3-7-14(13(12)2)18-17(20)19-10-4-8-15(19)16-9-5-11-21-16/h3,5-7,9,11,15H,4,8,10H2,1-2H3,(H,18,20)/t15-/m1/s1. The van der Waals surface area contributed by atoms with Crippen LogP contribution in [0.5, 0.6) is 0 Å². The van der Waals surface area contributed by atoms with Crippen molar-refractivity contribution in [3.8, 4) is 0 Å². The first-order valence-corrected chi connectivity index (χ1v) is 8.63. The van der Waals surface area contributed by atoms with Gasteiger partial charge in [-0.05, 0) is 67.5 Å². The molecule has 2 nitrogen and oxygen atoms in total. The van der Waals surface area contributed by atoms with Gasteiger partial charge < -0.3 is 10.2 Å². The van der Waals surface area contributed by atoms with Crippen LogP contribution >= 0.6 is 23.6 Å². The third kappa shape index (κ3) is 2.97. The molecule has 21 heavy (non-hydrogen) atoms. The summed E-state index contributed by atoms with van der Waals surface area (Å²) < 4.78 is 0. The van der Waals surface area contributed by atoms with Gasteiger partial charge in [-0.2, -0.15) is 0 Å². The Balaban J connectivity index is 1.77. The third-order valence-electron chi connectivity index (χ3n) is 4.23. The third-order valence-corrected chi connectivity index (χ3v) is 5.54. The second-order valence-corrected chi connectivity index (χ2v) is 6.91. The molecule has 2 heterocycles. The summed E-state index contributed by atoms with van der Waals surface area (Å²) in [4.78, 5) is 3.75. The Morgan fingerprint density at radius 3 is 2.90 bits per heavy atom. The zero-order valence-corrected chi connectivity index (χ0v) is 14.1. The highest BCUT2D eigenvalue weighted by Gasteiger charge is 2.28. The molecule has 1 aliphatic rings. The van der Waals surface area contributed by atoms with Gasteiger partial charge in [0.15, 0.2) is 5.11 Å². The molecule has 0 unspecified atom stereocenters. The van der Waals surface area contributed by atoms with Gasteiger partial charge in [0.25, 0.3) is 0 Å². The highest BCUT2D eigenvalue weighted by Crippen LogP contribution is 2.35. The molecule has 110 valence electrons. The van der Waals surface area contributed by atoms with Crippen molar-refractivity contribution in [1.82, 2.24) is 4.90 Å². The maximum absolute atomic E-state index is 5.67. The van der Waals surface area contributed by atoms with E-state index >= 15 is 0 Å². The lowest BCUT2D eigenvalue weighted by Crippen LogP contribution is -2.34. The van der Waals surface area contributed by atoms with E-state index < -0.39 is 0 Å². The fourth-order valence-corrected chi connectivity index (χ4v) is 4.06. The molecule has 1 N–H and O–H groups in total. The molecule has 1 saturated heterocycles. The smallest absolute Gasteiger partial charge is 0.173 e. The van der Waals surface area contributed by atoms with Crippen LogP contribution in [0.25, 0.3) is 0 Å². The molecule has 1 atom stereocenters. The van der Waals surface area contributed by atoms with Crippen LogP contribution in [-0.4, -0.2) is 16.6 Å². The van der Waals surface area contributed by atoms with E-state index in [2.05, 4.69) is 59.8 Å². The van der Waals surface area contributed by atoms with Crippen molar-refractivity contribution in [3.63, 3.8) is 0 Å². The van der Waals surface area contributed by atoms with Crippen LogP contribution in [0.3, 0.4) is 0 Å². The van der Waals surface area contributed by atoms with Gasteiger partial charge in [-0.1, -0.05) is 18.2 Å². The first kappa shape index (κ1) is 14.5. The van der Waals surface area contributed by atoms with E-state index in [9.17, 15) is 0 Å². The lowest BCUT2D eigenvalue weighted by molar-refractivity contribution is 0.412. The van der Waals surface area contributed by atoms with Crippen LogP contribution in [0.1, 0.15) is 34.9 Å². The Morgan fingerprint density at radius 1 is 1.29 bits per heavy atom. The van der Waals surface area contributed by atoms with Crippen molar-refractivity contribution in [2.24, 2.45) is 0 Å². The summed E-state index contributed by atoms with van der Waals surface area (Å²) in [6.07, 6.45) is 2.40. The first-order valence-electron chi connectivity index (χ1n) is 7.34. The topological polar surface area (TPSA) is 15.3 Å². The molecule has 0 amide bonds. The van der Waals surface area contributed by atoms with Crippen LogP contribution in [0, 0.1) is 13.8 Å². The van der Waals surface area contributed by atoms with E-state index in [1.807, 2.05) is 11.3 Å². The Hall–Kier alpha value is -1.39. The zero-order valence-electron chi connectivity index (χ0n) is 12.4. The number of anilines is 1. The molecule has 0 bridgehead atoms. The quantitative estimate of drug-likeness (QED) is 0.793. The SMILES string of the molecule is Cc1cccc(NC(=S)N2CCC[C@@H]2c2cccs2)c1C. The van der Waals surface area contributed by atoms with Gasteiger partial charge in [0.2, 0.25) is 0 Å². The van der Waals surface area contributed by atoms with Crippen molar-refractivity contribution < 1.29 is 0 Å². The summed E-state index contributed by atoms with van der Waals surface area (Å²) in [5.41, 5.74) is 3.68. The number of hydrogen-bond acceptors (Lipinski definition) is 2. The number of likely N-dealkylation sites (tertiary alicyclic amines) is 1. The Kier molecular flexibility index (Phi) is 4.27. The van der Waals surface area contributed by atoms with Gasteiger partial charge in [0.05, 0.1) is 6.04 Å². The fourth-order valence-electron chi connectivity index (χ4n) is 2.86. The molecule has 0 saturated carbocycles. The van der Waals surface area contributed by atoms with Gasteiger partial charge in [-0.25, -0.2) is 0 Å². The highest BCUT2D eigenvalue weighted by atomic mass is 32.1. The van der Waals surface area contributed by atoms with Crippen LogP contribution < -0.4 is 5.32 Å². The molecule has 4 heteroatoms. The summed E-state index contributed by atoms with van der Waals surface area (Å²) in [6, 6.07) is 11.1. The average molecular weight is 316 g/mol. The Bertz CT molecular complexity index is 634. The number of rotatable bonds is 2. The van der Waals surface area contributed by atoms with Gasteiger partial charge in [-0.15, -0.1) is 11.3 Å². The van der Waals surface area contributed by atoms with E-state index in [1.165, 1.54) is 28.8 Å². The van der Waals surface area contributed by atoms with E-state index in [4.69, 9.17) is 12.2 Å². The highest BCUT2D eigenvalue weighted by molar-refractivity contribution is 7.80. The maximum atomic E-state index is 5.67. The number of aryl methyl sites for hydroxylation is 1. The van der Waals surface area contributed by atoms with Crippen LogP contribution in [-0.2, 0) is 0 Å². The zero-order chi connectivity index (χ0) is 14.8. The number of thiocarbonyl (C=S) groups is 1. The molecule has 3 rings (SSSR count). The maximum Gasteiger partial charge on any atom is 0.173 e. The van der Waals surface area contributed by atoms with E-state index in [0.29, 0.717) is 6.04 Å². The molecular formula is C17H20N2S2. The van der Waals surface area contributed by atoms with Crippen molar-refractivity contribution >= 4 is 34.4 Å². The number of nitrogens with one attached hydrogen (secondary N) is 1. The summed E-state index contributed by atoms with van der Waals surface area (Å²) in [7, 11) is 0. The Labute approximate surface area is 135 Å². The predicted molar refractivity (Wildman–Crippen MR) is 95.1 cm³/mol. The molecule has 1 aliphatic heterocycles. The van der Waals surface area contributed by atoms with E-state index in [1.54, 1.807) is 0 Å². The summed E-state index contributed by atoms with van der Waals surface area (Å²) in [6.45, 7) is 5.31. The number of hydrogen-bond donors (Lipinski definition) is 1. The molecular weight excluding hydrogens is 296 g/mol. The van der Waals surface area contributed by atoms with Crippen molar-refractivity contribution in [2.75, 3.05) is 11.9 Å². The molecule has 0 spiro atoms. The molecule has 0 radical (unpaired) electrons. The normalized spacial score (nSPS) is 18.0. The van der Waals surface area contributed by atoms with Crippen molar-refractivity contribution in [1.29, 1.82) is 0 Å². The minimum Gasteiger partial charge on any atom is -0.341 e. The van der Waals surface area contributed by atoms with Gasteiger partial charge >= 0.3 is 0 Å². The number of thiophene rings is 1. The van der Waals surface area contributed by atoms with Crippen LogP contribution in [0.2, 0.25) is 0 Å². The molecule has 0 aliphatic carbocycles. The lowest BCUT2D eigenvalue weighted by Gasteiger charge is -2.27. The molecule has 2 aromatic rings. The lowest BCUT2D eigenvalue weighted by atomic mass is 10.1. The van der Waals surface area contributed by atoms with Gasteiger partial charge in [0.1, 0.15) is 0 Å². The largest absolute Gasteiger partial charge is 0.341 e. The van der Waals surface area contributed by atoms with E-state index in [-0.39, 0.29) is 0 Å². The average Bonchev–Trinajstić information content (AvgIpc) is 3.13. The van der Waals surface area contributed by atoms with Crippen LogP contribution in [0.4, 0.5) is 5.69 Å². The first-order chi connectivity index (χ1) is 10.2. The summed E-state index contributed by atoms with van der Waals surface area (Å²) in [5, 5.41) is 6.44. The predicted octanol–water partition coefficient (Wildman–Crippen LogP) is 4.90.